The summed E-state index contributed by atoms with van der Waals surface area (Å²) in [5.41, 5.74) is 0. The SMILES string of the molecule is CC(NC(=O)Cn1nnc(-c2ccco2)n1)c1nn[nH]n1. The van der Waals surface area contributed by atoms with Crippen molar-refractivity contribution in [3.8, 4) is 11.6 Å². The van der Waals surface area contributed by atoms with Gasteiger partial charge in [-0.25, -0.2) is 0 Å². The van der Waals surface area contributed by atoms with Gasteiger partial charge in [-0.1, -0.05) is 5.21 Å². The van der Waals surface area contributed by atoms with Crippen LogP contribution in [0.15, 0.2) is 22.8 Å². The van der Waals surface area contributed by atoms with Crippen LogP contribution in [0.1, 0.15) is 18.8 Å². The summed E-state index contributed by atoms with van der Waals surface area (Å²) in [5.74, 6) is 0.905. The zero-order chi connectivity index (χ0) is 14.7. The van der Waals surface area contributed by atoms with Crippen molar-refractivity contribution in [3.63, 3.8) is 0 Å². The van der Waals surface area contributed by atoms with E-state index in [4.69, 9.17) is 4.42 Å². The van der Waals surface area contributed by atoms with Gasteiger partial charge in [0, 0.05) is 0 Å². The number of hydrogen-bond donors (Lipinski definition) is 2. The van der Waals surface area contributed by atoms with Crippen molar-refractivity contribution in [1.29, 1.82) is 0 Å². The first kappa shape index (κ1) is 12.9. The van der Waals surface area contributed by atoms with E-state index in [-0.39, 0.29) is 18.5 Å². The number of aromatic nitrogens is 8. The first-order valence-electron chi connectivity index (χ1n) is 6.07. The Morgan fingerprint density at radius 1 is 1.52 bits per heavy atom. The van der Waals surface area contributed by atoms with Crippen molar-refractivity contribution in [2.24, 2.45) is 0 Å². The maximum absolute atomic E-state index is 11.9. The van der Waals surface area contributed by atoms with E-state index in [1.54, 1.807) is 19.1 Å². The third kappa shape index (κ3) is 2.91. The van der Waals surface area contributed by atoms with Gasteiger partial charge in [0.1, 0.15) is 6.54 Å². The monoisotopic (exact) mass is 289 g/mol. The quantitative estimate of drug-likeness (QED) is 0.629. The number of nitrogens with one attached hydrogen (secondary N) is 2. The number of amides is 1. The van der Waals surface area contributed by atoms with Crippen LogP contribution < -0.4 is 5.32 Å². The van der Waals surface area contributed by atoms with Crippen molar-refractivity contribution in [2.75, 3.05) is 0 Å². The molecule has 2 N–H and O–H groups in total. The zero-order valence-electron chi connectivity index (χ0n) is 11.0. The largest absolute Gasteiger partial charge is 0.461 e. The minimum absolute atomic E-state index is 0.0735. The highest BCUT2D eigenvalue weighted by Gasteiger charge is 2.15. The smallest absolute Gasteiger partial charge is 0.244 e. The van der Waals surface area contributed by atoms with Crippen LogP contribution in [0.4, 0.5) is 0 Å². The lowest BCUT2D eigenvalue weighted by Gasteiger charge is -2.08. The molecule has 3 heterocycles. The van der Waals surface area contributed by atoms with E-state index in [1.807, 2.05) is 0 Å². The van der Waals surface area contributed by atoms with Gasteiger partial charge in [0.2, 0.25) is 11.7 Å². The lowest BCUT2D eigenvalue weighted by atomic mass is 10.3. The molecule has 0 aromatic carbocycles. The second kappa shape index (κ2) is 5.48. The molecule has 0 aliphatic carbocycles. The van der Waals surface area contributed by atoms with Crippen LogP contribution in [0.25, 0.3) is 11.6 Å². The highest BCUT2D eigenvalue weighted by Crippen LogP contribution is 2.12. The van der Waals surface area contributed by atoms with Crippen LogP contribution in [-0.4, -0.2) is 46.7 Å². The molecule has 1 unspecified atom stereocenters. The minimum atomic E-state index is -0.371. The van der Waals surface area contributed by atoms with E-state index in [2.05, 4.69) is 41.4 Å². The molecule has 11 nitrogen and oxygen atoms in total. The molecule has 3 aromatic heterocycles. The number of aromatic amines is 1. The second-order valence-electron chi connectivity index (χ2n) is 4.18. The Balaban J connectivity index is 1.60. The normalized spacial score (nSPS) is 12.2. The van der Waals surface area contributed by atoms with Crippen molar-refractivity contribution < 1.29 is 9.21 Å². The van der Waals surface area contributed by atoms with Crippen LogP contribution in [0, 0.1) is 0 Å². The van der Waals surface area contributed by atoms with Gasteiger partial charge in [-0.2, -0.15) is 10.0 Å². The van der Waals surface area contributed by atoms with E-state index in [0.29, 0.717) is 17.4 Å². The Morgan fingerprint density at radius 3 is 3.14 bits per heavy atom. The molecule has 108 valence electrons. The lowest BCUT2D eigenvalue weighted by molar-refractivity contribution is -0.122. The number of furan rings is 1. The third-order valence-electron chi connectivity index (χ3n) is 2.61. The number of tetrazole rings is 2. The first-order valence-corrected chi connectivity index (χ1v) is 6.07. The number of H-pyrrole nitrogens is 1. The molecule has 0 bridgehead atoms. The average Bonchev–Trinajstić information content (AvgIpc) is 3.21. The fraction of sp³-hybridized carbons (Fsp3) is 0.300. The maximum atomic E-state index is 11.9. The van der Waals surface area contributed by atoms with E-state index in [1.165, 1.54) is 11.1 Å². The summed E-state index contributed by atoms with van der Waals surface area (Å²) in [7, 11) is 0. The van der Waals surface area contributed by atoms with Crippen molar-refractivity contribution in [1.82, 2.24) is 46.1 Å². The molecule has 1 atom stereocenters. The number of rotatable bonds is 5. The summed E-state index contributed by atoms with van der Waals surface area (Å²) in [4.78, 5) is 13.0. The number of carbonyl (C=O) groups is 1. The second-order valence-corrected chi connectivity index (χ2v) is 4.18. The molecule has 0 radical (unpaired) electrons. The molecule has 0 fully saturated rings. The molecule has 3 rings (SSSR count). The van der Waals surface area contributed by atoms with Crippen molar-refractivity contribution >= 4 is 5.91 Å². The summed E-state index contributed by atoms with van der Waals surface area (Å²) in [6.45, 7) is 1.67. The third-order valence-corrected chi connectivity index (χ3v) is 2.61. The molecule has 3 aromatic rings. The molecule has 21 heavy (non-hydrogen) atoms. The molecule has 0 aliphatic rings. The maximum Gasteiger partial charge on any atom is 0.244 e. The van der Waals surface area contributed by atoms with Crippen LogP contribution in [0.3, 0.4) is 0 Å². The predicted octanol–water partition coefficient (Wildman–Crippen LogP) is -0.676. The molecule has 1 amide bonds. The molecule has 0 saturated carbocycles. The van der Waals surface area contributed by atoms with Gasteiger partial charge >= 0.3 is 0 Å². The number of hydrogen-bond acceptors (Lipinski definition) is 8. The molecule has 0 aliphatic heterocycles. The number of carbonyl (C=O) groups excluding carboxylic acids is 1. The molecule has 0 saturated heterocycles. The van der Waals surface area contributed by atoms with Crippen molar-refractivity contribution in [2.45, 2.75) is 19.5 Å². The summed E-state index contributed by atoms with van der Waals surface area (Å²) in [6.07, 6.45) is 1.51. The molecular weight excluding hydrogens is 278 g/mol. The van der Waals surface area contributed by atoms with Gasteiger partial charge in [0.05, 0.1) is 12.3 Å². The first-order chi connectivity index (χ1) is 10.2. The lowest BCUT2D eigenvalue weighted by Crippen LogP contribution is -2.31. The standard InChI is InChI=1S/C10H11N9O2/c1-6(9-12-16-17-13-9)11-8(20)5-19-15-10(14-18-19)7-3-2-4-21-7/h2-4,6H,5H2,1H3,(H,11,20)(H,12,13,16,17). The number of nitrogens with zero attached hydrogens (tertiary/aromatic N) is 7. The van der Waals surface area contributed by atoms with Crippen LogP contribution in [0.2, 0.25) is 0 Å². The van der Waals surface area contributed by atoms with Crippen LogP contribution in [0.5, 0.6) is 0 Å². The average molecular weight is 289 g/mol. The molecule has 11 heteroatoms. The molecule has 0 spiro atoms. The Kier molecular flexibility index (Phi) is 3.37. The van der Waals surface area contributed by atoms with Gasteiger partial charge < -0.3 is 9.73 Å². The summed E-state index contributed by atoms with van der Waals surface area (Å²) >= 11 is 0. The Hall–Kier alpha value is -3.11. The molecular formula is C10H11N9O2. The highest BCUT2D eigenvalue weighted by atomic mass is 16.3. The van der Waals surface area contributed by atoms with Gasteiger partial charge in [0.15, 0.2) is 11.6 Å². The summed E-state index contributed by atoms with van der Waals surface area (Å²) in [6, 6.07) is 3.05. The predicted molar refractivity (Wildman–Crippen MR) is 66.3 cm³/mol. The van der Waals surface area contributed by atoms with Crippen LogP contribution >= 0.6 is 0 Å². The van der Waals surface area contributed by atoms with Gasteiger partial charge in [-0.3, -0.25) is 4.79 Å². The Morgan fingerprint density at radius 2 is 2.43 bits per heavy atom. The van der Waals surface area contributed by atoms with E-state index in [0.717, 1.165) is 0 Å². The van der Waals surface area contributed by atoms with E-state index >= 15 is 0 Å². The highest BCUT2D eigenvalue weighted by molar-refractivity contribution is 5.75. The van der Waals surface area contributed by atoms with E-state index < -0.39 is 0 Å². The topological polar surface area (TPSA) is 140 Å². The van der Waals surface area contributed by atoms with Crippen LogP contribution in [-0.2, 0) is 11.3 Å². The fourth-order valence-electron chi connectivity index (χ4n) is 1.65. The van der Waals surface area contributed by atoms with E-state index in [9.17, 15) is 4.79 Å². The summed E-state index contributed by atoms with van der Waals surface area (Å²) in [5, 5.41) is 27.7. The van der Waals surface area contributed by atoms with Gasteiger partial charge in [0.25, 0.3) is 0 Å². The van der Waals surface area contributed by atoms with Crippen molar-refractivity contribution in [3.05, 3.63) is 24.2 Å². The zero-order valence-corrected chi connectivity index (χ0v) is 11.0. The Labute approximate surface area is 117 Å². The van der Waals surface area contributed by atoms with Gasteiger partial charge in [-0.15, -0.1) is 20.4 Å². The summed E-state index contributed by atoms with van der Waals surface area (Å²) < 4.78 is 5.15. The Bertz CT molecular complexity index is 703. The van der Waals surface area contributed by atoms with Gasteiger partial charge in [-0.05, 0) is 24.3 Å². The minimum Gasteiger partial charge on any atom is -0.461 e. The fourth-order valence-corrected chi connectivity index (χ4v) is 1.65.